The zero-order valence-electron chi connectivity index (χ0n) is 11.0. The molecule has 0 atom stereocenters. The van der Waals surface area contributed by atoms with E-state index < -0.39 is 0 Å². The smallest absolute Gasteiger partial charge is 0.186 e. The number of benzene rings is 1. The summed E-state index contributed by atoms with van der Waals surface area (Å²) in [6, 6.07) is 8.24. The van der Waals surface area contributed by atoms with E-state index in [-0.39, 0.29) is 5.41 Å². The fourth-order valence-corrected chi connectivity index (χ4v) is 3.47. The Morgan fingerprint density at radius 3 is 2.68 bits per heavy atom. The predicted molar refractivity (Wildman–Crippen MR) is 81.1 cm³/mol. The lowest BCUT2D eigenvalue weighted by molar-refractivity contribution is 0.351. The summed E-state index contributed by atoms with van der Waals surface area (Å²) in [6.07, 6.45) is 1.86. The fraction of sp³-hybridized carbons (Fsp3) is 0.429. The van der Waals surface area contributed by atoms with Gasteiger partial charge in [-0.25, -0.2) is 4.98 Å². The minimum Gasteiger partial charge on any atom is -0.387 e. The molecule has 5 heteroatoms. The Bertz CT molecular complexity index is 578. The summed E-state index contributed by atoms with van der Waals surface area (Å²) in [7, 11) is 0. The van der Waals surface area contributed by atoms with Gasteiger partial charge < -0.3 is 10.6 Å². The molecule has 0 radical (unpaired) electrons. The molecule has 1 fully saturated rings. The van der Waals surface area contributed by atoms with Gasteiger partial charge in [0.05, 0.1) is 16.1 Å². The van der Waals surface area contributed by atoms with Crippen LogP contribution in [0.25, 0.3) is 10.2 Å². The molecule has 19 heavy (non-hydrogen) atoms. The Kier molecular flexibility index (Phi) is 2.93. The van der Waals surface area contributed by atoms with E-state index in [9.17, 15) is 0 Å². The maximum Gasteiger partial charge on any atom is 0.186 e. The minimum atomic E-state index is -0.132. The van der Waals surface area contributed by atoms with Crippen molar-refractivity contribution in [3.63, 3.8) is 0 Å². The van der Waals surface area contributed by atoms with E-state index in [2.05, 4.69) is 28.9 Å². The van der Waals surface area contributed by atoms with Crippen molar-refractivity contribution < 1.29 is 0 Å². The summed E-state index contributed by atoms with van der Waals surface area (Å²) >= 11 is 1.74. The summed E-state index contributed by atoms with van der Waals surface area (Å²) in [4.78, 5) is 7.00. The number of aromatic nitrogens is 1. The number of hydrogen-bond donors (Lipinski definition) is 2. The van der Waals surface area contributed by atoms with Gasteiger partial charge in [0.1, 0.15) is 0 Å². The van der Waals surface area contributed by atoms with Crippen molar-refractivity contribution in [3.8, 4) is 0 Å². The molecule has 1 saturated heterocycles. The van der Waals surface area contributed by atoms with Crippen molar-refractivity contribution in [1.29, 1.82) is 5.41 Å². The summed E-state index contributed by atoms with van der Waals surface area (Å²) in [5, 5.41) is 8.78. The van der Waals surface area contributed by atoms with Crippen molar-refractivity contribution in [2.75, 3.05) is 18.0 Å². The van der Waals surface area contributed by atoms with Crippen molar-refractivity contribution in [2.45, 2.75) is 19.8 Å². The highest BCUT2D eigenvalue weighted by atomic mass is 32.1. The number of piperidine rings is 1. The Morgan fingerprint density at radius 2 is 2.05 bits per heavy atom. The molecule has 0 aliphatic carbocycles. The number of nitrogens with two attached hydrogens (primary N) is 1. The van der Waals surface area contributed by atoms with Gasteiger partial charge in [0, 0.05) is 18.5 Å². The van der Waals surface area contributed by atoms with Gasteiger partial charge in [0.2, 0.25) is 0 Å². The zero-order chi connectivity index (χ0) is 13.5. The third kappa shape index (κ3) is 2.18. The highest BCUT2D eigenvalue weighted by Crippen LogP contribution is 2.35. The van der Waals surface area contributed by atoms with E-state index in [4.69, 9.17) is 11.1 Å². The highest BCUT2D eigenvalue weighted by Gasteiger charge is 2.33. The van der Waals surface area contributed by atoms with Crippen molar-refractivity contribution >= 4 is 32.5 Å². The Morgan fingerprint density at radius 1 is 1.37 bits per heavy atom. The maximum absolute atomic E-state index is 7.69. The minimum absolute atomic E-state index is 0.132. The Labute approximate surface area is 116 Å². The Balaban J connectivity index is 1.80. The molecular weight excluding hydrogens is 256 g/mol. The Hall–Kier alpha value is -1.62. The van der Waals surface area contributed by atoms with Crippen LogP contribution in [0.4, 0.5) is 5.13 Å². The zero-order valence-corrected chi connectivity index (χ0v) is 11.8. The van der Waals surface area contributed by atoms with E-state index >= 15 is 0 Å². The van der Waals surface area contributed by atoms with Crippen LogP contribution in [0.2, 0.25) is 0 Å². The third-order valence-electron chi connectivity index (χ3n) is 4.07. The highest BCUT2D eigenvalue weighted by molar-refractivity contribution is 7.22. The van der Waals surface area contributed by atoms with Crippen LogP contribution in [0.15, 0.2) is 24.3 Å². The molecule has 1 aliphatic rings. The van der Waals surface area contributed by atoms with Gasteiger partial charge in [-0.2, -0.15) is 0 Å². The van der Waals surface area contributed by atoms with Crippen molar-refractivity contribution in [3.05, 3.63) is 24.3 Å². The van der Waals surface area contributed by atoms with Crippen LogP contribution in [0, 0.1) is 10.8 Å². The normalized spacial score (nSPS) is 18.7. The topological polar surface area (TPSA) is 66.0 Å². The third-order valence-corrected chi connectivity index (χ3v) is 5.17. The molecule has 1 aliphatic heterocycles. The first-order valence-electron chi connectivity index (χ1n) is 6.53. The molecule has 0 bridgehead atoms. The quantitative estimate of drug-likeness (QED) is 0.653. The van der Waals surface area contributed by atoms with Crippen LogP contribution < -0.4 is 10.6 Å². The van der Waals surface area contributed by atoms with Gasteiger partial charge in [-0.05, 0) is 25.0 Å². The summed E-state index contributed by atoms with van der Waals surface area (Å²) in [6.45, 7) is 3.94. The predicted octanol–water partition coefficient (Wildman–Crippen LogP) is 2.84. The molecule has 2 aromatic rings. The average molecular weight is 274 g/mol. The molecular formula is C14H18N4S. The van der Waals surface area contributed by atoms with Crippen LogP contribution in [0.5, 0.6) is 0 Å². The largest absolute Gasteiger partial charge is 0.387 e. The van der Waals surface area contributed by atoms with Crippen molar-refractivity contribution in [2.24, 2.45) is 11.1 Å². The summed E-state index contributed by atoms with van der Waals surface area (Å²) in [5.41, 5.74) is 6.64. The first-order valence-corrected chi connectivity index (χ1v) is 7.35. The SMILES string of the molecule is CC1(C(=N)N)CCN(c2nc3ccccc3s2)CC1. The lowest BCUT2D eigenvalue weighted by Gasteiger charge is -2.38. The molecule has 0 spiro atoms. The number of nitrogens with zero attached hydrogens (tertiary/aromatic N) is 2. The van der Waals surface area contributed by atoms with Gasteiger partial charge in [0.25, 0.3) is 0 Å². The molecule has 100 valence electrons. The number of para-hydroxylation sites is 1. The second-order valence-corrected chi connectivity index (χ2v) is 6.43. The van der Waals surface area contributed by atoms with E-state index in [1.165, 1.54) is 4.70 Å². The maximum atomic E-state index is 7.69. The summed E-state index contributed by atoms with van der Waals surface area (Å²) in [5.74, 6) is 0.316. The van der Waals surface area contributed by atoms with E-state index in [1.807, 2.05) is 12.1 Å². The molecule has 1 aromatic heterocycles. The van der Waals surface area contributed by atoms with Gasteiger partial charge >= 0.3 is 0 Å². The molecule has 0 amide bonds. The van der Waals surface area contributed by atoms with Crippen LogP contribution in [0.3, 0.4) is 0 Å². The van der Waals surface area contributed by atoms with Crippen molar-refractivity contribution in [1.82, 2.24) is 4.98 Å². The number of thiazole rings is 1. The number of nitrogens with one attached hydrogen (secondary N) is 1. The van der Waals surface area contributed by atoms with Crippen LogP contribution in [-0.4, -0.2) is 23.9 Å². The number of hydrogen-bond acceptors (Lipinski definition) is 4. The van der Waals surface area contributed by atoms with Gasteiger partial charge in [-0.15, -0.1) is 0 Å². The lowest BCUT2D eigenvalue weighted by Crippen LogP contribution is -2.45. The van der Waals surface area contributed by atoms with E-state index in [0.717, 1.165) is 36.6 Å². The van der Waals surface area contributed by atoms with Crippen LogP contribution in [-0.2, 0) is 0 Å². The van der Waals surface area contributed by atoms with E-state index in [1.54, 1.807) is 11.3 Å². The molecule has 0 unspecified atom stereocenters. The number of fused-ring (bicyclic) bond motifs is 1. The molecule has 0 saturated carbocycles. The fourth-order valence-electron chi connectivity index (χ4n) is 2.46. The number of amidine groups is 1. The second kappa shape index (κ2) is 4.49. The number of rotatable bonds is 2. The van der Waals surface area contributed by atoms with Gasteiger partial charge in [0.15, 0.2) is 5.13 Å². The van der Waals surface area contributed by atoms with E-state index in [0.29, 0.717) is 5.84 Å². The molecule has 2 heterocycles. The molecule has 4 nitrogen and oxygen atoms in total. The first kappa shape index (κ1) is 12.4. The monoisotopic (exact) mass is 274 g/mol. The van der Waals surface area contributed by atoms with Gasteiger partial charge in [-0.1, -0.05) is 30.4 Å². The van der Waals surface area contributed by atoms with Crippen LogP contribution in [0.1, 0.15) is 19.8 Å². The van der Waals surface area contributed by atoms with Crippen LogP contribution >= 0.6 is 11.3 Å². The summed E-state index contributed by atoms with van der Waals surface area (Å²) < 4.78 is 1.23. The lowest BCUT2D eigenvalue weighted by atomic mass is 9.79. The number of anilines is 1. The average Bonchev–Trinajstić information content (AvgIpc) is 2.83. The molecule has 1 aromatic carbocycles. The first-order chi connectivity index (χ1) is 9.08. The molecule has 3 rings (SSSR count). The standard InChI is InChI=1S/C14H18N4S/c1-14(12(15)16)6-8-18(9-7-14)13-17-10-4-2-3-5-11(10)19-13/h2-5H,6-9H2,1H3,(H3,15,16). The molecule has 3 N–H and O–H groups in total. The second-order valence-electron chi connectivity index (χ2n) is 5.43. The van der Waals surface area contributed by atoms with Gasteiger partial charge in [-0.3, -0.25) is 5.41 Å².